The first kappa shape index (κ1) is 16.3. The van der Waals surface area contributed by atoms with Gasteiger partial charge in [-0.1, -0.05) is 66.7 Å². The molecule has 0 radical (unpaired) electrons. The van der Waals surface area contributed by atoms with E-state index in [2.05, 4.69) is 35.3 Å². The lowest BCUT2D eigenvalue weighted by atomic mass is 9.95. The molecule has 0 bridgehead atoms. The molecule has 2 aromatic heterocycles. The van der Waals surface area contributed by atoms with Crippen molar-refractivity contribution in [3.05, 3.63) is 103 Å². The summed E-state index contributed by atoms with van der Waals surface area (Å²) in [5.74, 6) is 0. The van der Waals surface area contributed by atoms with Crippen molar-refractivity contribution in [3.63, 3.8) is 0 Å². The maximum atomic E-state index is 5.03. The van der Waals surface area contributed by atoms with Gasteiger partial charge in [-0.3, -0.25) is 4.98 Å². The third kappa shape index (κ3) is 2.93. The highest BCUT2D eigenvalue weighted by Crippen LogP contribution is 2.36. The molecule has 0 amide bonds. The first-order valence-electron chi connectivity index (χ1n) is 9.22. The molecule has 0 spiro atoms. The average Bonchev–Trinajstić information content (AvgIpc) is 2.79. The van der Waals surface area contributed by atoms with Gasteiger partial charge in [0.2, 0.25) is 0 Å². The Balaban J connectivity index is 1.83. The predicted molar refractivity (Wildman–Crippen MR) is 114 cm³/mol. The Bertz CT molecular complexity index is 1250. The lowest BCUT2D eigenvalue weighted by Crippen LogP contribution is -1.97. The summed E-state index contributed by atoms with van der Waals surface area (Å²) in [5.41, 5.74) is 7.91. The van der Waals surface area contributed by atoms with Gasteiger partial charge in [0.05, 0.1) is 22.4 Å². The Morgan fingerprint density at radius 3 is 1.71 bits per heavy atom. The Kier molecular flexibility index (Phi) is 4.11. The molecule has 2 heterocycles. The highest BCUT2D eigenvalue weighted by Gasteiger charge is 2.16. The summed E-state index contributed by atoms with van der Waals surface area (Å²) < 4.78 is 0. The first-order chi connectivity index (χ1) is 13.9. The molecule has 3 aromatic carbocycles. The molecule has 0 saturated heterocycles. The predicted octanol–water partition coefficient (Wildman–Crippen LogP) is 6.03. The second-order valence-corrected chi connectivity index (χ2v) is 6.56. The van der Waals surface area contributed by atoms with Crippen LogP contribution in [0.4, 0.5) is 0 Å². The monoisotopic (exact) mass is 359 g/mol. The van der Waals surface area contributed by atoms with Gasteiger partial charge in [-0.25, -0.2) is 9.97 Å². The fraction of sp³-hybridized carbons (Fsp3) is 0. The molecule has 28 heavy (non-hydrogen) atoms. The number of aromatic nitrogens is 3. The standard InChI is InChI=1S/C25H17N3/c1-2-8-19(9-3-1)24-25(28-23-13-7-6-12-22(23)27-24)21-11-5-4-10-20(21)18-14-16-26-17-15-18/h1-17H. The van der Waals surface area contributed by atoms with Crippen LogP contribution < -0.4 is 0 Å². The Hall–Kier alpha value is -3.85. The molecular weight excluding hydrogens is 342 g/mol. The highest BCUT2D eigenvalue weighted by atomic mass is 14.8. The Morgan fingerprint density at radius 1 is 0.429 bits per heavy atom. The van der Waals surface area contributed by atoms with Crippen LogP contribution >= 0.6 is 0 Å². The molecular formula is C25H17N3. The molecule has 132 valence electrons. The number of pyridine rings is 1. The van der Waals surface area contributed by atoms with Gasteiger partial charge in [-0.05, 0) is 35.4 Å². The molecule has 0 unspecified atom stereocenters. The molecule has 0 saturated carbocycles. The van der Waals surface area contributed by atoms with Crippen molar-refractivity contribution in [2.45, 2.75) is 0 Å². The van der Waals surface area contributed by atoms with E-state index < -0.39 is 0 Å². The van der Waals surface area contributed by atoms with E-state index in [9.17, 15) is 0 Å². The molecule has 5 aromatic rings. The van der Waals surface area contributed by atoms with Gasteiger partial charge in [0, 0.05) is 23.5 Å². The van der Waals surface area contributed by atoms with Crippen molar-refractivity contribution in [1.82, 2.24) is 15.0 Å². The Morgan fingerprint density at radius 2 is 1.00 bits per heavy atom. The van der Waals surface area contributed by atoms with Crippen molar-refractivity contribution < 1.29 is 0 Å². The van der Waals surface area contributed by atoms with E-state index in [1.165, 1.54) is 0 Å². The minimum Gasteiger partial charge on any atom is -0.265 e. The largest absolute Gasteiger partial charge is 0.265 e. The fourth-order valence-corrected chi connectivity index (χ4v) is 3.46. The van der Waals surface area contributed by atoms with Crippen molar-refractivity contribution in [1.29, 1.82) is 0 Å². The number of fused-ring (bicyclic) bond motifs is 1. The lowest BCUT2D eigenvalue weighted by Gasteiger charge is -2.14. The third-order valence-corrected chi connectivity index (χ3v) is 4.79. The average molecular weight is 359 g/mol. The Labute approximate surface area is 163 Å². The van der Waals surface area contributed by atoms with E-state index in [0.29, 0.717) is 0 Å². The van der Waals surface area contributed by atoms with E-state index in [1.807, 2.05) is 73.1 Å². The summed E-state index contributed by atoms with van der Waals surface area (Å²) >= 11 is 0. The summed E-state index contributed by atoms with van der Waals surface area (Å²) in [7, 11) is 0. The van der Waals surface area contributed by atoms with E-state index in [1.54, 1.807) is 0 Å². The van der Waals surface area contributed by atoms with Crippen molar-refractivity contribution in [2.24, 2.45) is 0 Å². The van der Waals surface area contributed by atoms with E-state index >= 15 is 0 Å². The van der Waals surface area contributed by atoms with Crippen LogP contribution in [-0.4, -0.2) is 15.0 Å². The van der Waals surface area contributed by atoms with Gasteiger partial charge in [0.15, 0.2) is 0 Å². The molecule has 0 atom stereocenters. The highest BCUT2D eigenvalue weighted by molar-refractivity contribution is 5.91. The number of nitrogens with zero attached hydrogens (tertiary/aromatic N) is 3. The van der Waals surface area contributed by atoms with Crippen molar-refractivity contribution in [2.75, 3.05) is 0 Å². The maximum absolute atomic E-state index is 5.03. The van der Waals surface area contributed by atoms with E-state index in [-0.39, 0.29) is 0 Å². The van der Waals surface area contributed by atoms with Gasteiger partial charge < -0.3 is 0 Å². The van der Waals surface area contributed by atoms with Crippen LogP contribution in [-0.2, 0) is 0 Å². The normalized spacial score (nSPS) is 10.9. The first-order valence-corrected chi connectivity index (χ1v) is 9.22. The summed E-state index contributed by atoms with van der Waals surface area (Å²) in [5, 5.41) is 0. The van der Waals surface area contributed by atoms with Crippen molar-refractivity contribution in [3.8, 4) is 33.6 Å². The van der Waals surface area contributed by atoms with Gasteiger partial charge in [0.25, 0.3) is 0 Å². The van der Waals surface area contributed by atoms with Crippen molar-refractivity contribution >= 4 is 11.0 Å². The molecule has 0 aliphatic rings. The summed E-state index contributed by atoms with van der Waals surface area (Å²) in [4.78, 5) is 14.2. The maximum Gasteiger partial charge on any atom is 0.0979 e. The van der Waals surface area contributed by atoms with Gasteiger partial charge in [-0.15, -0.1) is 0 Å². The van der Waals surface area contributed by atoms with Gasteiger partial charge >= 0.3 is 0 Å². The van der Waals surface area contributed by atoms with Crippen LogP contribution in [0.25, 0.3) is 44.7 Å². The zero-order valence-corrected chi connectivity index (χ0v) is 15.2. The fourth-order valence-electron chi connectivity index (χ4n) is 3.46. The van der Waals surface area contributed by atoms with E-state index in [0.717, 1.165) is 44.7 Å². The minimum atomic E-state index is 0.886. The molecule has 3 nitrogen and oxygen atoms in total. The van der Waals surface area contributed by atoms with Crippen LogP contribution in [0.3, 0.4) is 0 Å². The molecule has 0 aliphatic heterocycles. The number of para-hydroxylation sites is 2. The number of rotatable bonds is 3. The second kappa shape index (κ2) is 7.05. The smallest absolute Gasteiger partial charge is 0.0979 e. The molecule has 5 rings (SSSR count). The number of hydrogen-bond donors (Lipinski definition) is 0. The van der Waals surface area contributed by atoms with Crippen LogP contribution in [0.5, 0.6) is 0 Å². The molecule has 0 N–H and O–H groups in total. The lowest BCUT2D eigenvalue weighted by molar-refractivity contribution is 1.29. The summed E-state index contributed by atoms with van der Waals surface area (Å²) in [6, 6.07) is 30.6. The number of hydrogen-bond acceptors (Lipinski definition) is 3. The topological polar surface area (TPSA) is 38.7 Å². The van der Waals surface area contributed by atoms with E-state index in [4.69, 9.17) is 9.97 Å². The third-order valence-electron chi connectivity index (χ3n) is 4.79. The van der Waals surface area contributed by atoms with Gasteiger partial charge in [-0.2, -0.15) is 0 Å². The minimum absolute atomic E-state index is 0.886. The van der Waals surface area contributed by atoms with Crippen LogP contribution in [0.15, 0.2) is 103 Å². The second-order valence-electron chi connectivity index (χ2n) is 6.56. The number of benzene rings is 3. The molecule has 0 aliphatic carbocycles. The zero-order chi connectivity index (χ0) is 18.8. The van der Waals surface area contributed by atoms with Crippen LogP contribution in [0, 0.1) is 0 Å². The molecule has 0 fully saturated rings. The van der Waals surface area contributed by atoms with Crippen LogP contribution in [0.1, 0.15) is 0 Å². The molecule has 3 heteroatoms. The zero-order valence-electron chi connectivity index (χ0n) is 15.2. The van der Waals surface area contributed by atoms with Gasteiger partial charge in [0.1, 0.15) is 0 Å². The summed E-state index contributed by atoms with van der Waals surface area (Å²) in [6.07, 6.45) is 3.63. The van der Waals surface area contributed by atoms with Crippen LogP contribution in [0.2, 0.25) is 0 Å². The summed E-state index contributed by atoms with van der Waals surface area (Å²) in [6.45, 7) is 0. The SMILES string of the molecule is c1ccc(-c2nc3ccccc3nc2-c2ccccc2-c2ccncc2)cc1. The quantitative estimate of drug-likeness (QED) is 0.395.